The fourth-order valence-electron chi connectivity index (χ4n) is 2.96. The predicted molar refractivity (Wildman–Crippen MR) is 66.7 cm³/mol. The van der Waals surface area contributed by atoms with E-state index in [4.69, 9.17) is 4.74 Å². The predicted octanol–water partition coefficient (Wildman–Crippen LogP) is 1.49. The molecule has 0 radical (unpaired) electrons. The van der Waals surface area contributed by atoms with E-state index in [-0.39, 0.29) is 0 Å². The monoisotopic (exact) mass is 226 g/mol. The number of rotatable bonds is 3. The van der Waals surface area contributed by atoms with Gasteiger partial charge in [-0.2, -0.15) is 0 Å². The normalized spacial score (nSPS) is 27.6. The molecule has 2 fully saturated rings. The molecule has 0 unspecified atom stereocenters. The van der Waals surface area contributed by atoms with Gasteiger partial charge in [-0.25, -0.2) is 0 Å². The van der Waals surface area contributed by atoms with Crippen LogP contribution in [0.3, 0.4) is 0 Å². The van der Waals surface area contributed by atoms with Gasteiger partial charge in [0.25, 0.3) is 0 Å². The van der Waals surface area contributed by atoms with Gasteiger partial charge in [0.1, 0.15) is 0 Å². The minimum absolute atomic E-state index is 0.544. The molecule has 2 saturated heterocycles. The van der Waals surface area contributed by atoms with Crippen molar-refractivity contribution in [1.82, 2.24) is 10.2 Å². The molecular weight excluding hydrogens is 200 g/mol. The number of hydrogen-bond donors (Lipinski definition) is 1. The van der Waals surface area contributed by atoms with Crippen LogP contribution in [0.4, 0.5) is 0 Å². The lowest BCUT2D eigenvalue weighted by molar-refractivity contribution is -0.00598. The third-order valence-corrected chi connectivity index (χ3v) is 4.30. The van der Waals surface area contributed by atoms with E-state index in [0.29, 0.717) is 5.41 Å². The van der Waals surface area contributed by atoms with Gasteiger partial charge in [0.2, 0.25) is 0 Å². The lowest BCUT2D eigenvalue weighted by atomic mass is 9.77. The second kappa shape index (κ2) is 5.99. The molecule has 0 atom stereocenters. The fraction of sp³-hybridized carbons (Fsp3) is 1.00. The Morgan fingerprint density at radius 3 is 2.75 bits per heavy atom. The summed E-state index contributed by atoms with van der Waals surface area (Å²) in [6.45, 7) is 10.4. The second-order valence-electron chi connectivity index (χ2n) is 5.35. The van der Waals surface area contributed by atoms with Crippen LogP contribution >= 0.6 is 0 Å². The summed E-state index contributed by atoms with van der Waals surface area (Å²) in [7, 11) is 0. The maximum Gasteiger partial charge on any atom is 0.0471 e. The maximum atomic E-state index is 5.51. The van der Waals surface area contributed by atoms with Crippen LogP contribution in [0, 0.1) is 5.41 Å². The molecule has 2 aliphatic heterocycles. The molecular formula is C13H26N2O. The Kier molecular flexibility index (Phi) is 4.62. The van der Waals surface area contributed by atoms with Crippen molar-refractivity contribution in [3.05, 3.63) is 0 Å². The summed E-state index contributed by atoms with van der Waals surface area (Å²) >= 11 is 0. The number of hydrogen-bond acceptors (Lipinski definition) is 3. The van der Waals surface area contributed by atoms with Crippen molar-refractivity contribution in [3.63, 3.8) is 0 Å². The smallest absolute Gasteiger partial charge is 0.0471 e. The first kappa shape index (κ1) is 12.3. The van der Waals surface area contributed by atoms with Crippen LogP contribution in [-0.4, -0.2) is 50.8 Å². The first-order chi connectivity index (χ1) is 7.85. The molecule has 0 amide bonds. The van der Waals surface area contributed by atoms with Gasteiger partial charge in [-0.3, -0.25) is 0 Å². The van der Waals surface area contributed by atoms with Crippen molar-refractivity contribution in [3.8, 4) is 0 Å². The van der Waals surface area contributed by atoms with Crippen molar-refractivity contribution in [2.24, 2.45) is 5.41 Å². The highest BCUT2D eigenvalue weighted by atomic mass is 16.5. The molecule has 2 aliphatic rings. The molecule has 0 saturated carbocycles. The summed E-state index contributed by atoms with van der Waals surface area (Å²) in [6.07, 6.45) is 5.12. The Morgan fingerprint density at radius 2 is 2.00 bits per heavy atom. The molecule has 1 N–H and O–H groups in total. The van der Waals surface area contributed by atoms with Crippen LogP contribution in [0.1, 0.15) is 32.6 Å². The van der Waals surface area contributed by atoms with Gasteiger partial charge in [-0.05, 0) is 44.2 Å². The zero-order valence-corrected chi connectivity index (χ0v) is 10.6. The molecule has 16 heavy (non-hydrogen) atoms. The number of ether oxygens (including phenoxy) is 1. The first-order valence-electron chi connectivity index (χ1n) is 6.85. The molecule has 94 valence electrons. The van der Waals surface area contributed by atoms with Crippen molar-refractivity contribution in [1.29, 1.82) is 0 Å². The minimum Gasteiger partial charge on any atom is -0.381 e. The van der Waals surface area contributed by atoms with Gasteiger partial charge in [0.15, 0.2) is 0 Å². The largest absolute Gasteiger partial charge is 0.381 e. The van der Waals surface area contributed by atoms with E-state index in [1.807, 2.05) is 0 Å². The third kappa shape index (κ3) is 3.19. The second-order valence-corrected chi connectivity index (χ2v) is 5.35. The minimum atomic E-state index is 0.544. The molecule has 3 nitrogen and oxygen atoms in total. The molecule has 2 rings (SSSR count). The van der Waals surface area contributed by atoms with Gasteiger partial charge in [0.05, 0.1) is 0 Å². The average molecular weight is 226 g/mol. The van der Waals surface area contributed by atoms with Gasteiger partial charge in [-0.15, -0.1) is 0 Å². The lowest BCUT2D eigenvalue weighted by Crippen LogP contribution is -2.42. The highest BCUT2D eigenvalue weighted by Gasteiger charge is 2.32. The Morgan fingerprint density at radius 1 is 1.19 bits per heavy atom. The topological polar surface area (TPSA) is 24.5 Å². The Labute approximate surface area is 99.5 Å². The summed E-state index contributed by atoms with van der Waals surface area (Å²) < 4.78 is 5.51. The number of nitrogens with one attached hydrogen (secondary N) is 1. The maximum absolute atomic E-state index is 5.51. The van der Waals surface area contributed by atoms with E-state index in [2.05, 4.69) is 17.1 Å². The van der Waals surface area contributed by atoms with E-state index in [1.54, 1.807) is 0 Å². The van der Waals surface area contributed by atoms with Gasteiger partial charge in [0, 0.05) is 32.8 Å². The van der Waals surface area contributed by atoms with Crippen molar-refractivity contribution >= 4 is 0 Å². The summed E-state index contributed by atoms with van der Waals surface area (Å²) in [6, 6.07) is 0. The van der Waals surface area contributed by atoms with Crippen molar-refractivity contribution in [2.45, 2.75) is 32.6 Å². The van der Waals surface area contributed by atoms with Crippen LogP contribution in [0.5, 0.6) is 0 Å². The van der Waals surface area contributed by atoms with Gasteiger partial charge in [-0.1, -0.05) is 6.92 Å². The first-order valence-corrected chi connectivity index (χ1v) is 6.85. The third-order valence-electron chi connectivity index (χ3n) is 4.30. The highest BCUT2D eigenvalue weighted by molar-refractivity contribution is 4.84. The zero-order valence-electron chi connectivity index (χ0n) is 10.6. The van der Waals surface area contributed by atoms with Gasteiger partial charge >= 0.3 is 0 Å². The van der Waals surface area contributed by atoms with E-state index >= 15 is 0 Å². The summed E-state index contributed by atoms with van der Waals surface area (Å²) in [4.78, 5) is 2.66. The molecule has 2 heterocycles. The van der Waals surface area contributed by atoms with Crippen LogP contribution in [-0.2, 0) is 4.74 Å². The quantitative estimate of drug-likeness (QED) is 0.789. The van der Waals surface area contributed by atoms with Crippen molar-refractivity contribution < 1.29 is 4.74 Å². The average Bonchev–Trinajstić information content (AvgIpc) is 2.59. The summed E-state index contributed by atoms with van der Waals surface area (Å²) in [5, 5.41) is 3.48. The molecule has 3 heteroatoms. The zero-order chi connectivity index (χ0) is 11.3. The Bertz CT molecular complexity index is 194. The van der Waals surface area contributed by atoms with Crippen LogP contribution in [0.2, 0.25) is 0 Å². The van der Waals surface area contributed by atoms with Gasteiger partial charge < -0.3 is 15.0 Å². The molecule has 0 aromatic rings. The molecule has 0 aromatic heterocycles. The summed E-state index contributed by atoms with van der Waals surface area (Å²) in [5.41, 5.74) is 0.544. The SMILES string of the molecule is CCC1(CN2CCCNCC2)CCOCC1. The summed E-state index contributed by atoms with van der Waals surface area (Å²) in [5.74, 6) is 0. The van der Waals surface area contributed by atoms with E-state index in [9.17, 15) is 0 Å². The molecule has 0 spiro atoms. The molecule has 0 aromatic carbocycles. The Hall–Kier alpha value is -0.120. The molecule has 0 bridgehead atoms. The van der Waals surface area contributed by atoms with E-state index in [0.717, 1.165) is 19.8 Å². The fourth-order valence-corrected chi connectivity index (χ4v) is 2.96. The van der Waals surface area contributed by atoms with Crippen LogP contribution in [0.25, 0.3) is 0 Å². The van der Waals surface area contributed by atoms with E-state index in [1.165, 1.54) is 51.9 Å². The molecule has 0 aliphatic carbocycles. The number of nitrogens with zero attached hydrogens (tertiary/aromatic N) is 1. The lowest BCUT2D eigenvalue weighted by Gasteiger charge is -2.40. The van der Waals surface area contributed by atoms with E-state index < -0.39 is 0 Å². The Balaban J connectivity index is 1.88. The van der Waals surface area contributed by atoms with Crippen LogP contribution in [0.15, 0.2) is 0 Å². The standard InChI is InChI=1S/C13H26N2O/c1-2-13(4-10-16-11-5-13)12-15-8-3-6-14-7-9-15/h14H,2-12H2,1H3. The highest BCUT2D eigenvalue weighted by Crippen LogP contribution is 2.34. The van der Waals surface area contributed by atoms with Crippen LogP contribution < -0.4 is 5.32 Å². The van der Waals surface area contributed by atoms with Crippen molar-refractivity contribution in [2.75, 3.05) is 45.9 Å².